The number of nitrogens with two attached hydrogens (primary N) is 1. The van der Waals surface area contributed by atoms with E-state index >= 15 is 0 Å². The Hall–Kier alpha value is -1.85. The van der Waals surface area contributed by atoms with Crippen LogP contribution in [0.1, 0.15) is 112 Å². The first kappa shape index (κ1) is 31.6. The van der Waals surface area contributed by atoms with Crippen molar-refractivity contribution in [1.29, 1.82) is 0 Å². The molecular weight excluding hydrogens is 520 g/mol. The van der Waals surface area contributed by atoms with Crippen molar-refractivity contribution in [1.82, 2.24) is 4.90 Å². The number of amides is 1. The molecule has 1 saturated carbocycles. The van der Waals surface area contributed by atoms with E-state index in [1.165, 1.54) is 31.3 Å². The minimum atomic E-state index is -0.294. The van der Waals surface area contributed by atoms with E-state index in [0.29, 0.717) is 41.7 Å². The molecule has 42 heavy (non-hydrogen) atoms. The van der Waals surface area contributed by atoms with Gasteiger partial charge in [0.25, 0.3) is 0 Å². The molecule has 5 heteroatoms. The highest BCUT2D eigenvalue weighted by atomic mass is 16.6. The van der Waals surface area contributed by atoms with Gasteiger partial charge in [-0.3, -0.25) is 0 Å². The third-order valence-electron chi connectivity index (χ3n) is 12.5. The van der Waals surface area contributed by atoms with Crippen LogP contribution in [0.5, 0.6) is 0 Å². The summed E-state index contributed by atoms with van der Waals surface area (Å²) in [6, 6.07) is 10.4. The molecule has 10 atom stereocenters. The summed E-state index contributed by atoms with van der Waals surface area (Å²) in [7, 11) is 0. The predicted molar refractivity (Wildman–Crippen MR) is 171 cm³/mol. The lowest BCUT2D eigenvalue weighted by Crippen LogP contribution is -2.54. The Labute approximate surface area is 256 Å². The number of allylic oxidation sites excluding steroid dienone is 1. The summed E-state index contributed by atoms with van der Waals surface area (Å²) in [5.41, 5.74) is 10.6. The van der Waals surface area contributed by atoms with Crippen molar-refractivity contribution in [2.45, 2.75) is 137 Å². The molecule has 1 spiro atoms. The normalized spacial score (nSPS) is 39.3. The van der Waals surface area contributed by atoms with Gasteiger partial charge in [0.1, 0.15) is 6.61 Å². The van der Waals surface area contributed by atoms with Crippen molar-refractivity contribution in [3.05, 3.63) is 47.0 Å². The molecule has 1 aromatic carbocycles. The van der Waals surface area contributed by atoms with Gasteiger partial charge in [0, 0.05) is 18.5 Å². The van der Waals surface area contributed by atoms with Gasteiger partial charge < -0.3 is 20.1 Å². The van der Waals surface area contributed by atoms with E-state index in [1.54, 1.807) is 5.57 Å². The quantitative estimate of drug-likeness (QED) is 0.329. The maximum Gasteiger partial charge on any atom is 0.410 e. The molecule has 0 bridgehead atoms. The van der Waals surface area contributed by atoms with Crippen LogP contribution in [0.2, 0.25) is 0 Å². The van der Waals surface area contributed by atoms with Crippen LogP contribution in [-0.2, 0) is 16.1 Å². The lowest BCUT2D eigenvalue weighted by Gasteiger charge is -2.49. The summed E-state index contributed by atoms with van der Waals surface area (Å²) in [5.74, 6) is 2.50. The molecule has 1 amide bonds. The van der Waals surface area contributed by atoms with Crippen molar-refractivity contribution < 1.29 is 14.3 Å². The Bertz CT molecular complexity index is 1120. The summed E-state index contributed by atoms with van der Waals surface area (Å²) < 4.78 is 13.1. The number of hydrogen-bond acceptors (Lipinski definition) is 4. The topological polar surface area (TPSA) is 64.8 Å². The van der Waals surface area contributed by atoms with Crippen LogP contribution in [0.4, 0.5) is 4.79 Å². The van der Waals surface area contributed by atoms with Crippen molar-refractivity contribution in [3.8, 4) is 0 Å². The molecule has 0 unspecified atom stereocenters. The van der Waals surface area contributed by atoms with Gasteiger partial charge in [-0.25, -0.2) is 4.79 Å². The third-order valence-corrected chi connectivity index (χ3v) is 12.5. The zero-order valence-electron chi connectivity index (χ0n) is 27.5. The number of carbonyl (C=O) groups excluding carboxylic acids is 1. The Morgan fingerprint density at radius 1 is 1.14 bits per heavy atom. The molecule has 2 saturated heterocycles. The molecule has 0 radical (unpaired) electrons. The Morgan fingerprint density at radius 2 is 1.88 bits per heavy atom. The highest BCUT2D eigenvalue weighted by Gasteiger charge is 2.59. The first-order valence-electron chi connectivity index (χ1n) is 17.1. The fourth-order valence-corrected chi connectivity index (χ4v) is 9.60. The van der Waals surface area contributed by atoms with Crippen molar-refractivity contribution >= 4 is 6.09 Å². The first-order chi connectivity index (χ1) is 20.0. The Morgan fingerprint density at radius 3 is 2.60 bits per heavy atom. The average Bonchev–Trinajstić information content (AvgIpc) is 3.25. The number of carbonyl (C=O) groups is 1. The van der Waals surface area contributed by atoms with E-state index < -0.39 is 0 Å². The molecular formula is C37H58N2O3. The van der Waals surface area contributed by atoms with Crippen LogP contribution in [-0.4, -0.2) is 41.3 Å². The smallest absolute Gasteiger partial charge is 0.410 e. The van der Waals surface area contributed by atoms with E-state index in [2.05, 4.69) is 48.5 Å². The third kappa shape index (κ3) is 5.82. The molecule has 0 aromatic heterocycles. The maximum atomic E-state index is 13.6. The second kappa shape index (κ2) is 12.6. The molecule has 5 nitrogen and oxygen atoms in total. The van der Waals surface area contributed by atoms with Crippen LogP contribution in [0.3, 0.4) is 0 Å². The summed E-state index contributed by atoms with van der Waals surface area (Å²) in [6.07, 6.45) is 10.3. The zero-order valence-corrected chi connectivity index (χ0v) is 27.5. The average molecular weight is 579 g/mol. The van der Waals surface area contributed by atoms with E-state index in [-0.39, 0.29) is 29.8 Å². The molecule has 4 aliphatic rings. The maximum absolute atomic E-state index is 13.6. The second-order valence-corrected chi connectivity index (χ2v) is 15.1. The SMILES string of the molecule is CCC[C@@H]1C[C@H](N)CC[C@]1(C)[C@H](C)CC1=C(C)[C@]2(CC[C@H]1C)O[C@@H]1C[C@H](C)CN(C(=O)OCc3ccccc3)[C@H]1[C@H]2C. The number of rotatable bonds is 7. The van der Waals surface area contributed by atoms with Gasteiger partial charge >= 0.3 is 6.09 Å². The molecule has 2 N–H and O–H groups in total. The number of piperidine rings is 1. The number of ether oxygens (including phenoxy) is 2. The molecule has 234 valence electrons. The van der Waals surface area contributed by atoms with E-state index in [1.807, 2.05) is 35.2 Å². The van der Waals surface area contributed by atoms with Crippen molar-refractivity contribution in [2.75, 3.05) is 6.54 Å². The van der Waals surface area contributed by atoms with Gasteiger partial charge in [0.2, 0.25) is 0 Å². The van der Waals surface area contributed by atoms with Gasteiger partial charge in [-0.2, -0.15) is 0 Å². The van der Waals surface area contributed by atoms with Crippen LogP contribution < -0.4 is 5.73 Å². The van der Waals surface area contributed by atoms with E-state index in [0.717, 1.165) is 44.2 Å². The standard InChI is InChI=1S/C37H58N2O3/c1-8-12-30-21-31(38)16-17-36(30,7)26(4)20-32-25(3)15-18-37(27(32)5)28(6)34-33(42-37)19-24(2)22-39(34)35(40)41-23-29-13-10-9-11-14-29/h9-11,13-14,24-26,28,30-31,33-34H,8,12,15-23,38H2,1-7H3/t24-,25+,26+,28+,30+,31+,33+,34-,36+,37-/m0/s1. The lowest BCUT2D eigenvalue weighted by molar-refractivity contribution is -0.0634. The van der Waals surface area contributed by atoms with Gasteiger partial charge in [-0.15, -0.1) is 0 Å². The molecule has 2 heterocycles. The highest BCUT2D eigenvalue weighted by Crippen LogP contribution is 2.56. The van der Waals surface area contributed by atoms with Crippen molar-refractivity contribution in [2.24, 2.45) is 40.7 Å². The van der Waals surface area contributed by atoms with Crippen LogP contribution in [0.25, 0.3) is 0 Å². The van der Waals surface area contributed by atoms with Crippen LogP contribution in [0, 0.1) is 35.0 Å². The van der Waals surface area contributed by atoms with Crippen LogP contribution in [0.15, 0.2) is 41.5 Å². The zero-order chi connectivity index (χ0) is 30.2. The molecule has 5 rings (SSSR count). The van der Waals surface area contributed by atoms with Crippen molar-refractivity contribution in [3.63, 3.8) is 0 Å². The number of nitrogens with zero attached hydrogens (tertiary/aromatic N) is 1. The monoisotopic (exact) mass is 578 g/mol. The van der Waals surface area contributed by atoms with E-state index in [9.17, 15) is 4.79 Å². The second-order valence-electron chi connectivity index (χ2n) is 15.1. The fourth-order valence-electron chi connectivity index (χ4n) is 9.60. The summed E-state index contributed by atoms with van der Waals surface area (Å²) in [6.45, 7) is 17.8. The Kier molecular flexibility index (Phi) is 9.50. The minimum Gasteiger partial charge on any atom is -0.445 e. The van der Waals surface area contributed by atoms with Gasteiger partial charge in [-0.05, 0) is 92.1 Å². The fraction of sp³-hybridized carbons (Fsp3) is 0.757. The highest BCUT2D eigenvalue weighted by molar-refractivity contribution is 5.68. The largest absolute Gasteiger partial charge is 0.445 e. The van der Waals surface area contributed by atoms with Gasteiger partial charge in [-0.1, -0.05) is 90.3 Å². The van der Waals surface area contributed by atoms with E-state index in [4.69, 9.17) is 15.2 Å². The Balaban J connectivity index is 1.38. The number of benzene rings is 1. The first-order valence-corrected chi connectivity index (χ1v) is 17.1. The minimum absolute atomic E-state index is 0.0535. The lowest BCUT2D eigenvalue weighted by atomic mass is 9.57. The number of likely N-dealkylation sites (tertiary alicyclic amines) is 1. The number of fused-ring (bicyclic) bond motifs is 1. The summed E-state index contributed by atoms with van der Waals surface area (Å²) in [5, 5.41) is 0. The summed E-state index contributed by atoms with van der Waals surface area (Å²) in [4.78, 5) is 15.6. The number of hydrogen-bond donors (Lipinski definition) is 1. The van der Waals surface area contributed by atoms with Gasteiger partial charge in [0.15, 0.2) is 0 Å². The molecule has 3 fully saturated rings. The molecule has 2 aliphatic carbocycles. The van der Waals surface area contributed by atoms with Crippen LogP contribution >= 0.6 is 0 Å². The molecule has 1 aromatic rings. The predicted octanol–water partition coefficient (Wildman–Crippen LogP) is 8.51. The van der Waals surface area contributed by atoms with Gasteiger partial charge in [0.05, 0.1) is 17.7 Å². The summed E-state index contributed by atoms with van der Waals surface area (Å²) >= 11 is 0. The molecule has 2 aliphatic heterocycles.